The second-order valence-electron chi connectivity index (χ2n) is 4.20. The topological polar surface area (TPSA) is 59.2 Å². The quantitative estimate of drug-likeness (QED) is 0.906. The van der Waals surface area contributed by atoms with Crippen molar-refractivity contribution in [3.63, 3.8) is 0 Å². The van der Waals surface area contributed by atoms with E-state index < -0.39 is 6.10 Å². The van der Waals surface area contributed by atoms with Crippen LogP contribution in [0.1, 0.15) is 37.3 Å². The Bertz CT molecular complexity index is 540. The molecule has 0 bridgehead atoms. The number of aromatic nitrogens is 2. The molecule has 5 heteroatoms. The number of hydrogen-bond donors (Lipinski definition) is 1. The first kappa shape index (κ1) is 12.7. The van der Waals surface area contributed by atoms with Gasteiger partial charge in [-0.05, 0) is 25.0 Å². The van der Waals surface area contributed by atoms with Crippen LogP contribution in [0.2, 0.25) is 0 Å². The van der Waals surface area contributed by atoms with E-state index in [1.165, 1.54) is 0 Å². The minimum Gasteiger partial charge on any atom is -0.385 e. The number of nitrogens with zero attached hydrogens (tertiary/aromatic N) is 2. The third kappa shape index (κ3) is 2.41. The van der Waals surface area contributed by atoms with Crippen LogP contribution < -0.4 is 0 Å². The zero-order valence-corrected chi connectivity index (χ0v) is 10.4. The number of rotatable bonds is 4. The molecule has 0 radical (unpaired) electrons. The minimum absolute atomic E-state index is 0.0985. The second-order valence-corrected chi connectivity index (χ2v) is 4.20. The third-order valence-corrected chi connectivity index (χ3v) is 2.72. The van der Waals surface area contributed by atoms with E-state index >= 15 is 0 Å². The molecular weight excluding hydrogens is 235 g/mol. The number of benzene rings is 1. The summed E-state index contributed by atoms with van der Waals surface area (Å²) in [7, 11) is 0. The van der Waals surface area contributed by atoms with Crippen LogP contribution in [0.4, 0.5) is 4.39 Å². The van der Waals surface area contributed by atoms with Crippen molar-refractivity contribution in [1.29, 1.82) is 0 Å². The molecular formula is C13H15FN2O2. The van der Waals surface area contributed by atoms with Crippen LogP contribution in [0.5, 0.6) is 0 Å². The van der Waals surface area contributed by atoms with Crippen molar-refractivity contribution in [1.82, 2.24) is 10.1 Å². The number of aryl methyl sites for hydroxylation is 1. The van der Waals surface area contributed by atoms with Gasteiger partial charge >= 0.3 is 0 Å². The van der Waals surface area contributed by atoms with Crippen LogP contribution in [0.3, 0.4) is 0 Å². The van der Waals surface area contributed by atoms with Crippen molar-refractivity contribution in [2.45, 2.75) is 32.8 Å². The van der Waals surface area contributed by atoms with Crippen LogP contribution in [0.25, 0.3) is 11.5 Å². The summed E-state index contributed by atoms with van der Waals surface area (Å²) < 4.78 is 18.8. The van der Waals surface area contributed by atoms with Crippen LogP contribution in [-0.4, -0.2) is 15.2 Å². The summed E-state index contributed by atoms with van der Waals surface area (Å²) >= 11 is 0. The highest BCUT2D eigenvalue weighted by molar-refractivity contribution is 5.55. The first-order chi connectivity index (χ1) is 8.63. The number of hydrogen-bond acceptors (Lipinski definition) is 4. The molecule has 1 heterocycles. The molecule has 4 nitrogen and oxygen atoms in total. The fourth-order valence-electron chi connectivity index (χ4n) is 1.69. The molecule has 18 heavy (non-hydrogen) atoms. The van der Waals surface area contributed by atoms with Gasteiger partial charge in [-0.3, -0.25) is 0 Å². The molecule has 2 rings (SSSR count). The summed E-state index contributed by atoms with van der Waals surface area (Å²) in [6.45, 7) is 3.62. The lowest BCUT2D eigenvalue weighted by Gasteiger charge is -2.02. The summed E-state index contributed by atoms with van der Waals surface area (Å²) in [6, 6.07) is 4.97. The Morgan fingerprint density at radius 3 is 2.94 bits per heavy atom. The number of halogens is 1. The fourth-order valence-corrected chi connectivity index (χ4v) is 1.69. The summed E-state index contributed by atoms with van der Waals surface area (Å²) in [5.41, 5.74) is 0.777. The zero-order valence-electron chi connectivity index (χ0n) is 10.4. The SMILES string of the molecule is CCCC(O)c1noc(-c2cccc(C)c2F)n1. The Hall–Kier alpha value is -1.75. The lowest BCUT2D eigenvalue weighted by atomic mass is 10.1. The van der Waals surface area contributed by atoms with E-state index in [1.807, 2.05) is 6.92 Å². The molecule has 1 aromatic heterocycles. The van der Waals surface area contributed by atoms with E-state index in [1.54, 1.807) is 25.1 Å². The lowest BCUT2D eigenvalue weighted by Crippen LogP contribution is -1.99. The molecule has 96 valence electrons. The average Bonchev–Trinajstić information content (AvgIpc) is 2.82. The van der Waals surface area contributed by atoms with Gasteiger partial charge in [0.2, 0.25) is 5.82 Å². The summed E-state index contributed by atoms with van der Waals surface area (Å²) in [6.07, 6.45) is 0.597. The Kier molecular flexibility index (Phi) is 3.72. The Labute approximate surface area is 104 Å². The van der Waals surface area contributed by atoms with E-state index in [-0.39, 0.29) is 23.1 Å². The van der Waals surface area contributed by atoms with Crippen molar-refractivity contribution >= 4 is 0 Å². The average molecular weight is 250 g/mol. The maximum atomic E-state index is 13.9. The molecule has 1 unspecified atom stereocenters. The van der Waals surface area contributed by atoms with Gasteiger partial charge in [-0.2, -0.15) is 4.98 Å². The van der Waals surface area contributed by atoms with Gasteiger partial charge in [-0.1, -0.05) is 30.6 Å². The molecule has 0 amide bonds. The summed E-state index contributed by atoms with van der Waals surface area (Å²) in [4.78, 5) is 4.03. The van der Waals surface area contributed by atoms with Gasteiger partial charge in [0.1, 0.15) is 11.9 Å². The molecule has 0 saturated heterocycles. The zero-order chi connectivity index (χ0) is 13.1. The second kappa shape index (κ2) is 5.27. The van der Waals surface area contributed by atoms with Crippen molar-refractivity contribution in [2.75, 3.05) is 0 Å². The lowest BCUT2D eigenvalue weighted by molar-refractivity contribution is 0.153. The number of aliphatic hydroxyl groups excluding tert-OH is 1. The Morgan fingerprint density at radius 2 is 2.22 bits per heavy atom. The van der Waals surface area contributed by atoms with Gasteiger partial charge in [0, 0.05) is 0 Å². The molecule has 0 saturated carbocycles. The van der Waals surface area contributed by atoms with Crippen LogP contribution in [0, 0.1) is 12.7 Å². The van der Waals surface area contributed by atoms with Crippen LogP contribution in [0.15, 0.2) is 22.7 Å². The molecule has 0 aliphatic rings. The smallest absolute Gasteiger partial charge is 0.261 e. The summed E-state index contributed by atoms with van der Waals surface area (Å²) in [5.74, 6) is -0.0770. The van der Waals surface area contributed by atoms with E-state index in [0.717, 1.165) is 6.42 Å². The molecule has 1 N–H and O–H groups in total. The van der Waals surface area contributed by atoms with Gasteiger partial charge in [0.25, 0.3) is 5.89 Å². The monoisotopic (exact) mass is 250 g/mol. The van der Waals surface area contributed by atoms with Crippen molar-refractivity contribution in [2.24, 2.45) is 0 Å². The highest BCUT2D eigenvalue weighted by Crippen LogP contribution is 2.25. The largest absolute Gasteiger partial charge is 0.385 e. The maximum Gasteiger partial charge on any atom is 0.261 e. The molecule has 1 aromatic carbocycles. The Morgan fingerprint density at radius 1 is 1.44 bits per heavy atom. The number of aliphatic hydroxyl groups is 1. The normalized spacial score (nSPS) is 12.7. The standard InChI is InChI=1S/C13H15FN2O2/c1-3-5-10(17)12-15-13(18-16-12)9-7-4-6-8(2)11(9)14/h4,6-7,10,17H,3,5H2,1-2H3. The Balaban J connectivity index is 2.32. The third-order valence-electron chi connectivity index (χ3n) is 2.72. The van der Waals surface area contributed by atoms with Gasteiger partial charge in [0.05, 0.1) is 5.56 Å². The fraction of sp³-hybridized carbons (Fsp3) is 0.385. The van der Waals surface area contributed by atoms with Gasteiger partial charge in [0.15, 0.2) is 0 Å². The first-order valence-electron chi connectivity index (χ1n) is 5.90. The van der Waals surface area contributed by atoms with E-state index in [4.69, 9.17) is 4.52 Å². The van der Waals surface area contributed by atoms with Crippen molar-refractivity contribution < 1.29 is 14.0 Å². The molecule has 0 spiro atoms. The summed E-state index contributed by atoms with van der Waals surface area (Å²) in [5, 5.41) is 13.4. The van der Waals surface area contributed by atoms with Gasteiger partial charge in [-0.15, -0.1) is 0 Å². The van der Waals surface area contributed by atoms with E-state index in [9.17, 15) is 9.50 Å². The molecule has 2 aromatic rings. The predicted molar refractivity (Wildman–Crippen MR) is 64.3 cm³/mol. The van der Waals surface area contributed by atoms with Crippen LogP contribution >= 0.6 is 0 Å². The highest BCUT2D eigenvalue weighted by atomic mass is 19.1. The predicted octanol–water partition coefficient (Wildman–Crippen LogP) is 3.02. The first-order valence-corrected chi connectivity index (χ1v) is 5.90. The molecule has 0 aliphatic heterocycles. The molecule has 0 aliphatic carbocycles. The van der Waals surface area contributed by atoms with Crippen molar-refractivity contribution in [3.05, 3.63) is 35.4 Å². The van der Waals surface area contributed by atoms with Crippen molar-refractivity contribution in [3.8, 4) is 11.5 Å². The van der Waals surface area contributed by atoms with Gasteiger partial charge < -0.3 is 9.63 Å². The van der Waals surface area contributed by atoms with E-state index in [2.05, 4.69) is 10.1 Å². The van der Waals surface area contributed by atoms with Crippen LogP contribution in [-0.2, 0) is 0 Å². The highest BCUT2D eigenvalue weighted by Gasteiger charge is 2.18. The maximum absolute atomic E-state index is 13.9. The van der Waals surface area contributed by atoms with E-state index in [0.29, 0.717) is 12.0 Å². The molecule has 1 atom stereocenters. The van der Waals surface area contributed by atoms with Gasteiger partial charge in [-0.25, -0.2) is 4.39 Å². The minimum atomic E-state index is -0.764. The molecule has 0 fully saturated rings.